The van der Waals surface area contributed by atoms with E-state index in [-0.39, 0.29) is 12.5 Å². The highest BCUT2D eigenvalue weighted by Crippen LogP contribution is 2.34. The van der Waals surface area contributed by atoms with Crippen molar-refractivity contribution < 1.29 is 19.4 Å². The van der Waals surface area contributed by atoms with E-state index in [1.807, 2.05) is 47.4 Å². The number of carboxylic acids is 1. The number of halogens is 1. The van der Waals surface area contributed by atoms with Crippen molar-refractivity contribution in [1.29, 1.82) is 0 Å². The Morgan fingerprint density at radius 1 is 1.08 bits per heavy atom. The summed E-state index contributed by atoms with van der Waals surface area (Å²) in [6.07, 6.45) is 4.12. The van der Waals surface area contributed by atoms with Gasteiger partial charge in [0.25, 0.3) is 0 Å². The van der Waals surface area contributed by atoms with Crippen LogP contribution in [0.3, 0.4) is 0 Å². The number of rotatable bonds is 10. The van der Waals surface area contributed by atoms with Crippen LogP contribution in [0.5, 0.6) is 11.5 Å². The van der Waals surface area contributed by atoms with Gasteiger partial charge >= 0.3 is 5.97 Å². The van der Waals surface area contributed by atoms with Crippen LogP contribution in [0, 0.1) is 5.92 Å². The Morgan fingerprint density at radius 2 is 2.00 bits per heavy atom. The van der Waals surface area contributed by atoms with E-state index in [2.05, 4.69) is 20.3 Å². The van der Waals surface area contributed by atoms with Gasteiger partial charge in [0.1, 0.15) is 30.3 Å². The standard InChI is InChI=1S/C27H26ClN5O4/c28-21-12-19(7-8-23(21)37-16-20-4-1-2-10-29-20)32-27-26-22(30-17-31-27)5-3-6-24(26)36-15-18-9-11-33(13-18)14-25(34)35/h1-8,10,12,17-18H,9,11,13-16H2,(H,34,35)(H,30,31,32)/t18-/m0/s1. The maximum absolute atomic E-state index is 11.0. The van der Waals surface area contributed by atoms with E-state index in [9.17, 15) is 4.79 Å². The van der Waals surface area contributed by atoms with Crippen LogP contribution in [-0.2, 0) is 11.4 Å². The minimum atomic E-state index is -0.809. The van der Waals surface area contributed by atoms with Crippen molar-refractivity contribution in [3.63, 3.8) is 0 Å². The molecule has 2 aromatic heterocycles. The normalized spacial score (nSPS) is 15.5. The molecule has 0 unspecified atom stereocenters. The first-order chi connectivity index (χ1) is 18.0. The van der Waals surface area contributed by atoms with Crippen LogP contribution in [-0.4, -0.2) is 57.2 Å². The zero-order valence-corrected chi connectivity index (χ0v) is 20.8. The highest BCUT2D eigenvalue weighted by molar-refractivity contribution is 6.32. The minimum Gasteiger partial charge on any atom is -0.492 e. The van der Waals surface area contributed by atoms with E-state index in [0.717, 1.165) is 35.2 Å². The summed E-state index contributed by atoms with van der Waals surface area (Å²) in [6, 6.07) is 16.8. The Morgan fingerprint density at radius 3 is 2.81 bits per heavy atom. The van der Waals surface area contributed by atoms with Crippen molar-refractivity contribution in [3.05, 3.63) is 77.8 Å². The summed E-state index contributed by atoms with van der Waals surface area (Å²) in [6.45, 7) is 2.32. The van der Waals surface area contributed by atoms with Crippen LogP contribution < -0.4 is 14.8 Å². The molecule has 0 amide bonds. The summed E-state index contributed by atoms with van der Waals surface area (Å²) in [5.41, 5.74) is 2.30. The van der Waals surface area contributed by atoms with Crippen LogP contribution in [0.25, 0.3) is 10.9 Å². The minimum absolute atomic E-state index is 0.0577. The number of pyridine rings is 1. The van der Waals surface area contributed by atoms with Crippen molar-refractivity contribution in [2.75, 3.05) is 31.6 Å². The molecule has 2 N–H and O–H groups in total. The number of hydrogen-bond donors (Lipinski definition) is 2. The molecule has 190 valence electrons. The van der Waals surface area contributed by atoms with Gasteiger partial charge in [0.05, 0.1) is 34.8 Å². The lowest BCUT2D eigenvalue weighted by Gasteiger charge is -2.16. The fourth-order valence-electron chi connectivity index (χ4n) is 4.35. The summed E-state index contributed by atoms with van der Waals surface area (Å²) >= 11 is 6.49. The summed E-state index contributed by atoms with van der Waals surface area (Å²) in [5, 5.41) is 13.6. The molecule has 1 fully saturated rings. The van der Waals surface area contributed by atoms with Gasteiger partial charge in [-0.25, -0.2) is 9.97 Å². The molecule has 1 saturated heterocycles. The van der Waals surface area contributed by atoms with E-state index in [1.165, 1.54) is 6.33 Å². The third-order valence-electron chi connectivity index (χ3n) is 6.12. The molecular weight excluding hydrogens is 494 g/mol. The van der Waals surface area contributed by atoms with Gasteiger partial charge in [0.15, 0.2) is 0 Å². The number of aliphatic carboxylic acids is 1. The van der Waals surface area contributed by atoms with E-state index in [0.29, 0.717) is 42.1 Å². The Labute approximate surface area is 219 Å². The van der Waals surface area contributed by atoms with Gasteiger partial charge in [0.2, 0.25) is 0 Å². The smallest absolute Gasteiger partial charge is 0.317 e. The van der Waals surface area contributed by atoms with Crippen LogP contribution in [0.15, 0.2) is 67.1 Å². The first kappa shape index (κ1) is 24.7. The molecule has 0 saturated carbocycles. The van der Waals surface area contributed by atoms with E-state index in [1.54, 1.807) is 18.3 Å². The van der Waals surface area contributed by atoms with Crippen molar-refractivity contribution in [3.8, 4) is 11.5 Å². The molecule has 2 aromatic carbocycles. The first-order valence-electron chi connectivity index (χ1n) is 11.9. The number of carbonyl (C=O) groups is 1. The molecule has 1 atom stereocenters. The average Bonchev–Trinajstić information content (AvgIpc) is 3.34. The predicted octanol–water partition coefficient (Wildman–Crippen LogP) is 4.79. The van der Waals surface area contributed by atoms with Crippen LogP contribution >= 0.6 is 11.6 Å². The van der Waals surface area contributed by atoms with Gasteiger partial charge < -0.3 is 19.9 Å². The summed E-state index contributed by atoms with van der Waals surface area (Å²) in [5.74, 6) is 1.27. The second-order valence-corrected chi connectivity index (χ2v) is 9.25. The second-order valence-electron chi connectivity index (χ2n) is 8.85. The monoisotopic (exact) mass is 519 g/mol. The molecule has 9 nitrogen and oxygen atoms in total. The largest absolute Gasteiger partial charge is 0.492 e. The van der Waals surface area contributed by atoms with Gasteiger partial charge in [-0.15, -0.1) is 0 Å². The molecule has 5 rings (SSSR count). The molecule has 4 aromatic rings. The number of nitrogens with one attached hydrogen (secondary N) is 1. The van der Waals surface area contributed by atoms with Gasteiger partial charge in [-0.3, -0.25) is 14.7 Å². The van der Waals surface area contributed by atoms with Crippen molar-refractivity contribution in [2.24, 2.45) is 5.92 Å². The molecular formula is C27H26ClN5O4. The fraction of sp³-hybridized carbons (Fsp3) is 0.259. The number of carboxylic acid groups (broad SMARTS) is 1. The van der Waals surface area contributed by atoms with Gasteiger partial charge in [-0.1, -0.05) is 23.7 Å². The van der Waals surface area contributed by atoms with Crippen molar-refractivity contribution in [2.45, 2.75) is 13.0 Å². The highest BCUT2D eigenvalue weighted by Gasteiger charge is 2.25. The van der Waals surface area contributed by atoms with E-state index >= 15 is 0 Å². The number of likely N-dealkylation sites (tertiary alicyclic amines) is 1. The zero-order chi connectivity index (χ0) is 25.6. The SMILES string of the molecule is O=C(O)CN1CC[C@H](COc2cccc3ncnc(Nc4ccc(OCc5ccccn5)c(Cl)c4)c23)C1. The quantitative estimate of drug-likeness (QED) is 0.305. The van der Waals surface area contributed by atoms with Crippen molar-refractivity contribution in [1.82, 2.24) is 19.9 Å². The molecule has 0 radical (unpaired) electrons. The highest BCUT2D eigenvalue weighted by atomic mass is 35.5. The lowest BCUT2D eigenvalue weighted by Crippen LogP contribution is -2.28. The first-order valence-corrected chi connectivity index (χ1v) is 12.3. The third kappa shape index (κ3) is 6.25. The predicted molar refractivity (Wildman–Crippen MR) is 141 cm³/mol. The number of benzene rings is 2. The summed E-state index contributed by atoms with van der Waals surface area (Å²) in [4.78, 5) is 26.0. The maximum Gasteiger partial charge on any atom is 0.317 e. The molecule has 1 aliphatic rings. The third-order valence-corrected chi connectivity index (χ3v) is 6.42. The number of anilines is 2. The fourth-order valence-corrected chi connectivity index (χ4v) is 4.59. The van der Waals surface area contributed by atoms with Gasteiger partial charge in [-0.2, -0.15) is 0 Å². The molecule has 3 heterocycles. The van der Waals surface area contributed by atoms with Gasteiger partial charge in [-0.05, 0) is 55.4 Å². The maximum atomic E-state index is 11.0. The van der Waals surface area contributed by atoms with Gasteiger partial charge in [0, 0.05) is 24.3 Å². The summed E-state index contributed by atoms with van der Waals surface area (Å²) in [7, 11) is 0. The lowest BCUT2D eigenvalue weighted by molar-refractivity contribution is -0.138. The Balaban J connectivity index is 1.29. The molecule has 0 aliphatic carbocycles. The molecule has 1 aliphatic heterocycles. The molecule has 10 heteroatoms. The number of ether oxygens (including phenoxy) is 2. The number of hydrogen-bond acceptors (Lipinski definition) is 8. The average molecular weight is 520 g/mol. The summed E-state index contributed by atoms with van der Waals surface area (Å²) < 4.78 is 12.0. The van der Waals surface area contributed by atoms with Crippen LogP contribution in [0.2, 0.25) is 5.02 Å². The Kier molecular flexibility index (Phi) is 7.62. The van der Waals surface area contributed by atoms with Crippen molar-refractivity contribution >= 4 is 40.0 Å². The second kappa shape index (κ2) is 11.4. The molecule has 0 spiro atoms. The van der Waals surface area contributed by atoms with Crippen LogP contribution in [0.1, 0.15) is 12.1 Å². The molecule has 37 heavy (non-hydrogen) atoms. The Bertz CT molecular complexity index is 1380. The van der Waals surface area contributed by atoms with E-state index in [4.69, 9.17) is 26.2 Å². The molecule has 0 bridgehead atoms. The number of aromatic nitrogens is 3. The van der Waals surface area contributed by atoms with Crippen LogP contribution in [0.4, 0.5) is 11.5 Å². The zero-order valence-electron chi connectivity index (χ0n) is 20.0. The Hall–Kier alpha value is -3.95. The number of fused-ring (bicyclic) bond motifs is 1. The lowest BCUT2D eigenvalue weighted by atomic mass is 10.1. The number of nitrogens with zero attached hydrogens (tertiary/aromatic N) is 4. The van der Waals surface area contributed by atoms with E-state index < -0.39 is 5.97 Å². The topological polar surface area (TPSA) is 110 Å².